The molecule has 1 aliphatic rings. The van der Waals surface area contributed by atoms with Crippen LogP contribution in [0.25, 0.3) is 32.1 Å². The van der Waals surface area contributed by atoms with Crippen LogP contribution in [0.1, 0.15) is 24.1 Å². The van der Waals surface area contributed by atoms with Crippen LogP contribution in [0.5, 0.6) is 6.01 Å². The number of pyridine rings is 1. The number of hydrogen-bond donors (Lipinski definition) is 2. The molecule has 1 fully saturated rings. The molecule has 3 atom stereocenters. The minimum atomic E-state index is -1.13. The van der Waals surface area contributed by atoms with Crippen LogP contribution in [-0.2, 0) is 4.74 Å². The monoisotopic (exact) mass is 668 g/mol. The van der Waals surface area contributed by atoms with Crippen molar-refractivity contribution in [3.63, 3.8) is 0 Å². The van der Waals surface area contributed by atoms with Gasteiger partial charge in [0.1, 0.15) is 46.0 Å². The normalized spacial score (nSPS) is 17.1. The van der Waals surface area contributed by atoms with Crippen molar-refractivity contribution in [2.45, 2.75) is 25.1 Å². The smallest absolute Gasteiger partial charge is 0.319 e. The van der Waals surface area contributed by atoms with Crippen LogP contribution in [0.3, 0.4) is 0 Å². The molecule has 4 heterocycles. The molecule has 0 amide bonds. The highest BCUT2D eigenvalue weighted by Gasteiger charge is 2.34. The van der Waals surface area contributed by atoms with Gasteiger partial charge in [-0.25, -0.2) is 18.2 Å². The Kier molecular flexibility index (Phi) is 8.28. The summed E-state index contributed by atoms with van der Waals surface area (Å²) in [5.74, 6) is -2.54. The van der Waals surface area contributed by atoms with Gasteiger partial charge in [0, 0.05) is 46.8 Å². The maximum atomic E-state index is 16.9. The minimum absolute atomic E-state index is 0.0413. The van der Waals surface area contributed by atoms with Crippen LogP contribution in [0, 0.1) is 28.8 Å². The highest BCUT2D eigenvalue weighted by atomic mass is 35.5. The lowest BCUT2D eigenvalue weighted by molar-refractivity contribution is 0.117. The number of hydrogen-bond acceptors (Lipinski definition) is 11. The number of anilines is 3. The van der Waals surface area contributed by atoms with E-state index < -0.39 is 40.7 Å². The number of nitrogens with zero attached hydrogens (tertiary/aromatic N) is 6. The topological polar surface area (TPSA) is 139 Å². The number of likely N-dealkylation sites (N-methyl/N-ethyl adjacent to an activating group) is 1. The number of aromatic nitrogens is 3. The van der Waals surface area contributed by atoms with Gasteiger partial charge >= 0.3 is 6.01 Å². The molecule has 0 bridgehead atoms. The molecular formula is C31H28ClF3N8O2S. The van der Waals surface area contributed by atoms with Crippen molar-refractivity contribution in [1.29, 1.82) is 5.26 Å². The molecule has 6 rings (SSSR count). The number of rotatable bonds is 7. The van der Waals surface area contributed by atoms with Crippen molar-refractivity contribution in [3.8, 4) is 23.2 Å². The van der Waals surface area contributed by atoms with Crippen molar-refractivity contribution in [1.82, 2.24) is 19.9 Å². The van der Waals surface area contributed by atoms with Crippen LogP contribution in [0.4, 0.5) is 29.8 Å². The first kappa shape index (κ1) is 31.6. The summed E-state index contributed by atoms with van der Waals surface area (Å²) in [6.45, 7) is 2.53. The number of fused-ring (bicyclic) bond motifs is 2. The first-order valence-corrected chi connectivity index (χ1v) is 15.3. The maximum absolute atomic E-state index is 16.9. The minimum Gasteiger partial charge on any atom is -0.456 e. The molecule has 46 heavy (non-hydrogen) atoms. The Morgan fingerprint density at radius 2 is 1.89 bits per heavy atom. The molecule has 10 nitrogen and oxygen atoms in total. The van der Waals surface area contributed by atoms with E-state index in [0.29, 0.717) is 24.1 Å². The predicted molar refractivity (Wildman–Crippen MR) is 173 cm³/mol. The molecule has 1 saturated heterocycles. The summed E-state index contributed by atoms with van der Waals surface area (Å²) in [5.41, 5.74) is 11.6. The number of thiophene rings is 1. The second-order valence-corrected chi connectivity index (χ2v) is 12.6. The van der Waals surface area contributed by atoms with E-state index in [0.717, 1.165) is 11.3 Å². The van der Waals surface area contributed by atoms with E-state index in [9.17, 15) is 9.65 Å². The first-order chi connectivity index (χ1) is 21.9. The Morgan fingerprint density at radius 1 is 1.13 bits per heavy atom. The highest BCUT2D eigenvalue weighted by molar-refractivity contribution is 7.23. The number of nitriles is 1. The van der Waals surface area contributed by atoms with Crippen LogP contribution < -0.4 is 21.1 Å². The van der Waals surface area contributed by atoms with Crippen molar-refractivity contribution >= 4 is 60.6 Å². The Hall–Kier alpha value is -4.42. The largest absolute Gasteiger partial charge is 0.456 e. The Morgan fingerprint density at radius 3 is 2.59 bits per heavy atom. The number of benzene rings is 2. The zero-order valence-corrected chi connectivity index (χ0v) is 26.7. The maximum Gasteiger partial charge on any atom is 0.319 e. The van der Waals surface area contributed by atoms with Crippen LogP contribution in [0.15, 0.2) is 30.5 Å². The number of ether oxygens (including phenoxy) is 2. The fourth-order valence-corrected chi connectivity index (χ4v) is 6.94. The van der Waals surface area contributed by atoms with Crippen LogP contribution >= 0.6 is 22.9 Å². The van der Waals surface area contributed by atoms with Gasteiger partial charge in [-0.1, -0.05) is 17.7 Å². The molecule has 0 unspecified atom stereocenters. The zero-order valence-electron chi connectivity index (χ0n) is 25.1. The van der Waals surface area contributed by atoms with Crippen molar-refractivity contribution in [3.05, 3.63) is 64.1 Å². The van der Waals surface area contributed by atoms with Crippen LogP contribution in [0.2, 0.25) is 5.02 Å². The van der Waals surface area contributed by atoms with E-state index in [-0.39, 0.29) is 61.1 Å². The summed E-state index contributed by atoms with van der Waals surface area (Å²) >= 11 is 7.48. The van der Waals surface area contributed by atoms with E-state index in [1.165, 1.54) is 6.07 Å². The SMILES string of the molecule is C[C@H](c1cccnc1N)N(C)c1nc(O[C@@H]2COC[C@H]2N(C)C)nc2c(F)c(-c3c(F)cc(F)c4sc(N)c(C#N)c34)c(Cl)cc12. The Bertz CT molecular complexity index is 2050. The van der Waals surface area contributed by atoms with Crippen LogP contribution in [-0.4, -0.2) is 66.4 Å². The third kappa shape index (κ3) is 5.19. The molecule has 0 saturated carbocycles. The van der Waals surface area contributed by atoms with Gasteiger partial charge in [-0.2, -0.15) is 15.2 Å². The summed E-state index contributed by atoms with van der Waals surface area (Å²) in [5, 5.41) is 9.55. The first-order valence-electron chi connectivity index (χ1n) is 14.1. The quantitative estimate of drug-likeness (QED) is 0.215. The molecule has 3 aromatic heterocycles. The molecule has 5 aromatic rings. The molecule has 1 aliphatic heterocycles. The van der Waals surface area contributed by atoms with Gasteiger partial charge in [0.15, 0.2) is 5.82 Å². The zero-order chi connectivity index (χ0) is 33.0. The number of nitrogens with two attached hydrogens (primary N) is 2. The summed E-state index contributed by atoms with van der Waals surface area (Å²) in [6, 6.07) is 6.77. The summed E-state index contributed by atoms with van der Waals surface area (Å²) < 4.78 is 59.1. The third-order valence-corrected chi connectivity index (χ3v) is 9.58. The number of halogens is 4. The lowest BCUT2D eigenvalue weighted by Crippen LogP contribution is -2.41. The molecule has 0 aliphatic carbocycles. The second kappa shape index (κ2) is 12.1. The fraction of sp³-hybridized carbons (Fsp3) is 0.290. The summed E-state index contributed by atoms with van der Waals surface area (Å²) in [4.78, 5) is 17.0. The molecule has 15 heteroatoms. The Labute approximate surface area is 270 Å². The molecule has 0 spiro atoms. The highest BCUT2D eigenvalue weighted by Crippen LogP contribution is 2.47. The molecular weight excluding hydrogens is 641 g/mol. The van der Waals surface area contributed by atoms with Crippen molar-refractivity contribution < 1.29 is 22.6 Å². The lowest BCUT2D eigenvalue weighted by atomic mass is 9.96. The van der Waals surface area contributed by atoms with Gasteiger partial charge in [-0.3, -0.25) is 0 Å². The van der Waals surface area contributed by atoms with E-state index in [2.05, 4.69) is 15.0 Å². The third-order valence-electron chi connectivity index (χ3n) is 8.26. The van der Waals surface area contributed by atoms with Crippen molar-refractivity contribution in [2.75, 3.05) is 50.7 Å². The summed E-state index contributed by atoms with van der Waals surface area (Å²) in [6.07, 6.45) is 1.09. The summed E-state index contributed by atoms with van der Waals surface area (Å²) in [7, 11) is 5.50. The average Bonchev–Trinajstić information content (AvgIpc) is 3.62. The van der Waals surface area contributed by atoms with Crippen molar-refractivity contribution in [2.24, 2.45) is 0 Å². The van der Waals surface area contributed by atoms with E-state index in [1.807, 2.05) is 38.1 Å². The molecule has 238 valence electrons. The Balaban J connectivity index is 1.61. The average molecular weight is 669 g/mol. The van der Waals surface area contributed by atoms with Gasteiger partial charge in [-0.15, -0.1) is 11.3 Å². The predicted octanol–water partition coefficient (Wildman–Crippen LogP) is 5.92. The number of nitrogen functional groups attached to an aromatic ring is 2. The molecule has 2 aromatic carbocycles. The second-order valence-electron chi connectivity index (χ2n) is 11.1. The van der Waals surface area contributed by atoms with E-state index >= 15 is 8.78 Å². The van der Waals surface area contributed by atoms with Gasteiger partial charge in [-0.05, 0) is 33.2 Å². The molecule has 4 N–H and O–H groups in total. The van der Waals surface area contributed by atoms with Gasteiger partial charge < -0.3 is 30.7 Å². The van der Waals surface area contributed by atoms with Gasteiger partial charge in [0.05, 0.1) is 40.6 Å². The van der Waals surface area contributed by atoms with E-state index in [1.54, 1.807) is 24.2 Å². The lowest BCUT2D eigenvalue weighted by Gasteiger charge is -2.29. The van der Waals surface area contributed by atoms with Gasteiger partial charge in [0.25, 0.3) is 0 Å². The van der Waals surface area contributed by atoms with E-state index in [4.69, 9.17) is 32.5 Å². The molecule has 0 radical (unpaired) electrons. The fourth-order valence-electron chi connectivity index (χ4n) is 5.72. The standard InChI is InChI=1S/C31H28ClF3N8O2S/c1-13(14-6-5-7-39-28(14)37)43(4)30-15-8-17(32)23(24-18(33)9-19(34)27-22(24)16(10-36)29(38)46-27)25(35)26(15)40-31(41-30)45-21-12-44-11-20(21)42(2)3/h5-9,13,20-21H,11-12,38H2,1-4H3,(H2,37,39)/t13-,20-,21-/m1/s1. The van der Waals surface area contributed by atoms with Gasteiger partial charge in [0.2, 0.25) is 0 Å².